The molecule has 0 aromatic heterocycles. The smallest absolute Gasteiger partial charge is 0.0735 e. The Balaban J connectivity index is 1.21. The highest BCUT2D eigenvalue weighted by molar-refractivity contribution is 7.99. The van der Waals surface area contributed by atoms with Crippen molar-refractivity contribution in [2.24, 2.45) is 0 Å². The van der Waals surface area contributed by atoms with E-state index in [0.29, 0.717) is 0 Å². The predicted octanol–water partition coefficient (Wildman–Crippen LogP) is 14.0. The van der Waals surface area contributed by atoms with Crippen LogP contribution in [-0.4, -0.2) is 0 Å². The van der Waals surface area contributed by atoms with E-state index >= 15 is 0 Å². The Morgan fingerprint density at radius 3 is 1.79 bits per heavy atom. The van der Waals surface area contributed by atoms with Crippen molar-refractivity contribution in [2.45, 2.75) is 15.2 Å². The molecule has 0 bridgehead atoms. The fourth-order valence-corrected chi connectivity index (χ4v) is 10.3. The van der Waals surface area contributed by atoms with E-state index in [1.165, 1.54) is 75.8 Å². The van der Waals surface area contributed by atoms with Gasteiger partial charge in [-0.15, -0.1) is 0 Å². The average Bonchev–Trinajstić information content (AvgIpc) is 3.23. The first kappa shape index (κ1) is 30.3. The first-order chi connectivity index (χ1) is 26.3. The minimum Gasteiger partial charge on any atom is -0.310 e. The fraction of sp³-hybridized carbons (Fsp3) is 0.0196. The second kappa shape index (κ2) is 11.8. The van der Waals surface area contributed by atoms with Crippen LogP contribution in [0.25, 0.3) is 43.8 Å². The van der Waals surface area contributed by atoms with Gasteiger partial charge < -0.3 is 4.90 Å². The molecule has 9 aromatic carbocycles. The van der Waals surface area contributed by atoms with Gasteiger partial charge in [0.25, 0.3) is 0 Å². The van der Waals surface area contributed by atoms with Crippen LogP contribution in [0.4, 0.5) is 17.1 Å². The Morgan fingerprint density at radius 1 is 0.358 bits per heavy atom. The van der Waals surface area contributed by atoms with Crippen molar-refractivity contribution in [3.8, 4) is 22.3 Å². The molecule has 0 saturated carbocycles. The van der Waals surface area contributed by atoms with E-state index < -0.39 is 5.41 Å². The molecule has 2 aliphatic rings. The minimum atomic E-state index is -0.476. The highest BCUT2D eigenvalue weighted by Gasteiger charge is 2.48. The summed E-state index contributed by atoms with van der Waals surface area (Å²) >= 11 is 1.89. The molecule has 1 heterocycles. The number of anilines is 3. The molecule has 1 spiro atoms. The van der Waals surface area contributed by atoms with Crippen molar-refractivity contribution >= 4 is 50.4 Å². The number of nitrogens with zero attached hydrogens (tertiary/aromatic N) is 1. The molecule has 1 aliphatic heterocycles. The summed E-state index contributed by atoms with van der Waals surface area (Å²) in [4.78, 5) is 5.02. The summed E-state index contributed by atoms with van der Waals surface area (Å²) in [6.07, 6.45) is 0. The van der Waals surface area contributed by atoms with Gasteiger partial charge in [0.15, 0.2) is 0 Å². The summed E-state index contributed by atoms with van der Waals surface area (Å²) < 4.78 is 0. The van der Waals surface area contributed by atoms with Crippen LogP contribution in [0.5, 0.6) is 0 Å². The van der Waals surface area contributed by atoms with Gasteiger partial charge in [-0.1, -0.05) is 169 Å². The Bertz CT molecular complexity index is 2870. The van der Waals surface area contributed by atoms with Gasteiger partial charge in [-0.2, -0.15) is 0 Å². The molecule has 0 radical (unpaired) electrons. The number of hydrogen-bond donors (Lipinski definition) is 0. The summed E-state index contributed by atoms with van der Waals surface area (Å²) in [6.45, 7) is 0. The van der Waals surface area contributed by atoms with Crippen molar-refractivity contribution in [1.82, 2.24) is 0 Å². The zero-order valence-corrected chi connectivity index (χ0v) is 29.7. The normalized spacial score (nSPS) is 15.2. The van der Waals surface area contributed by atoms with Gasteiger partial charge in [-0.3, -0.25) is 0 Å². The number of benzene rings is 9. The van der Waals surface area contributed by atoms with Gasteiger partial charge in [0, 0.05) is 26.7 Å². The summed E-state index contributed by atoms with van der Waals surface area (Å²) in [7, 11) is 0. The zero-order chi connectivity index (χ0) is 34.9. The summed E-state index contributed by atoms with van der Waals surface area (Å²) in [6, 6.07) is 74.1. The van der Waals surface area contributed by atoms with Crippen molar-refractivity contribution in [1.29, 1.82) is 0 Å². The SMILES string of the molecule is c1ccc(-c2cc3ccccc3cc2N(c2ccccc2)c2ccc3c(c2)Sc2ccccc2C32c3ccccc3-c3cccc4cccc2c34)cc1. The van der Waals surface area contributed by atoms with Gasteiger partial charge in [-0.05, 0) is 103 Å². The van der Waals surface area contributed by atoms with Gasteiger partial charge >= 0.3 is 0 Å². The lowest BCUT2D eigenvalue weighted by Crippen LogP contribution is -2.36. The van der Waals surface area contributed by atoms with Crippen LogP contribution in [0.2, 0.25) is 0 Å². The lowest BCUT2D eigenvalue weighted by Gasteiger charge is -2.46. The van der Waals surface area contributed by atoms with Crippen molar-refractivity contribution in [2.75, 3.05) is 4.90 Å². The Morgan fingerprint density at radius 2 is 0.962 bits per heavy atom. The second-order valence-electron chi connectivity index (χ2n) is 14.0. The standard InChI is InChI=1S/C51H33NS/c1-3-15-34(16-4-1)42-31-36-17-7-8-18-37(36)32-47(42)52(38-21-5-2-6-22-38)39-29-30-45-49(33-39)53-48-28-12-11-26-44(48)51(45)43-25-10-9-23-40(43)41-24-13-19-35-20-14-27-46(51)50(35)41/h1-33H. The molecule has 1 nitrogen and oxygen atoms in total. The summed E-state index contributed by atoms with van der Waals surface area (Å²) in [5, 5.41) is 5.07. The first-order valence-corrected chi connectivity index (χ1v) is 19.1. The third kappa shape index (κ3) is 4.46. The number of hydrogen-bond acceptors (Lipinski definition) is 2. The van der Waals surface area contributed by atoms with Crippen LogP contribution in [-0.2, 0) is 5.41 Å². The Labute approximate surface area is 313 Å². The van der Waals surface area contributed by atoms with Gasteiger partial charge in [-0.25, -0.2) is 0 Å². The molecule has 0 saturated heterocycles. The minimum absolute atomic E-state index is 0.476. The molecule has 0 fully saturated rings. The largest absolute Gasteiger partial charge is 0.310 e. The molecule has 1 aliphatic carbocycles. The van der Waals surface area contributed by atoms with Crippen LogP contribution >= 0.6 is 11.8 Å². The Kier molecular flexibility index (Phi) is 6.77. The maximum Gasteiger partial charge on any atom is 0.0735 e. The predicted molar refractivity (Wildman–Crippen MR) is 223 cm³/mol. The van der Waals surface area contributed by atoms with Crippen molar-refractivity contribution in [3.05, 3.63) is 222 Å². The lowest BCUT2D eigenvalue weighted by atomic mass is 9.59. The maximum absolute atomic E-state index is 2.45. The highest BCUT2D eigenvalue weighted by Crippen LogP contribution is 2.61. The third-order valence-corrected chi connectivity index (χ3v) is 12.4. The highest BCUT2D eigenvalue weighted by atomic mass is 32.2. The molecule has 248 valence electrons. The van der Waals surface area contributed by atoms with Gasteiger partial charge in [0.1, 0.15) is 0 Å². The van der Waals surface area contributed by atoms with Crippen LogP contribution in [0.1, 0.15) is 22.3 Å². The molecular formula is C51H33NS. The van der Waals surface area contributed by atoms with E-state index in [4.69, 9.17) is 0 Å². The van der Waals surface area contributed by atoms with Crippen LogP contribution in [0, 0.1) is 0 Å². The summed E-state index contributed by atoms with van der Waals surface area (Å²) in [5.41, 5.74) is 13.3. The third-order valence-electron chi connectivity index (χ3n) is 11.3. The summed E-state index contributed by atoms with van der Waals surface area (Å²) in [5.74, 6) is 0. The van der Waals surface area contributed by atoms with E-state index in [-0.39, 0.29) is 0 Å². The van der Waals surface area contributed by atoms with E-state index in [9.17, 15) is 0 Å². The molecule has 11 rings (SSSR count). The molecule has 53 heavy (non-hydrogen) atoms. The number of para-hydroxylation sites is 1. The Hall–Kier alpha value is -6.35. The van der Waals surface area contributed by atoms with Crippen molar-refractivity contribution in [3.63, 3.8) is 0 Å². The molecule has 0 N–H and O–H groups in total. The zero-order valence-electron chi connectivity index (χ0n) is 28.9. The molecule has 0 amide bonds. The van der Waals surface area contributed by atoms with E-state index in [2.05, 4.69) is 205 Å². The van der Waals surface area contributed by atoms with Crippen LogP contribution < -0.4 is 4.90 Å². The quantitative estimate of drug-likeness (QED) is 0.181. The average molecular weight is 692 g/mol. The number of fused-ring (bicyclic) bond motifs is 9. The second-order valence-corrected chi connectivity index (χ2v) is 15.1. The van der Waals surface area contributed by atoms with E-state index in [1.807, 2.05) is 11.8 Å². The maximum atomic E-state index is 2.45. The van der Waals surface area contributed by atoms with Gasteiger partial charge in [0.2, 0.25) is 0 Å². The lowest BCUT2D eigenvalue weighted by molar-refractivity contribution is 0.707. The fourth-order valence-electron chi connectivity index (χ4n) is 9.09. The molecule has 1 unspecified atom stereocenters. The van der Waals surface area contributed by atoms with E-state index in [0.717, 1.165) is 17.1 Å². The van der Waals surface area contributed by atoms with Crippen molar-refractivity contribution < 1.29 is 0 Å². The van der Waals surface area contributed by atoms with Gasteiger partial charge in [0.05, 0.1) is 11.1 Å². The van der Waals surface area contributed by atoms with Crippen LogP contribution in [0.15, 0.2) is 210 Å². The number of rotatable bonds is 4. The molecular weight excluding hydrogens is 659 g/mol. The molecule has 9 aromatic rings. The first-order valence-electron chi connectivity index (χ1n) is 18.3. The molecule has 1 atom stereocenters. The molecule has 2 heteroatoms. The van der Waals surface area contributed by atoms with E-state index in [1.54, 1.807) is 0 Å². The topological polar surface area (TPSA) is 3.24 Å². The van der Waals surface area contributed by atoms with Crippen LogP contribution in [0.3, 0.4) is 0 Å². The monoisotopic (exact) mass is 691 g/mol.